The van der Waals surface area contributed by atoms with E-state index in [2.05, 4.69) is 5.32 Å². The summed E-state index contributed by atoms with van der Waals surface area (Å²) in [7, 11) is 1.46. The third-order valence-electron chi connectivity index (χ3n) is 3.06. The van der Waals surface area contributed by atoms with Gasteiger partial charge in [0.15, 0.2) is 5.57 Å². The van der Waals surface area contributed by atoms with Gasteiger partial charge in [-0.2, -0.15) is 5.26 Å². The van der Waals surface area contributed by atoms with Gasteiger partial charge in [0.2, 0.25) is 0 Å². The van der Waals surface area contributed by atoms with Gasteiger partial charge in [0.25, 0.3) is 5.91 Å². The van der Waals surface area contributed by atoms with Crippen LogP contribution in [0.2, 0.25) is 0 Å². The van der Waals surface area contributed by atoms with E-state index in [1.54, 1.807) is 19.9 Å². The van der Waals surface area contributed by atoms with Crippen LogP contribution in [0, 0.1) is 18.3 Å². The number of nitriles is 1. The van der Waals surface area contributed by atoms with E-state index in [0.717, 1.165) is 17.5 Å². The van der Waals surface area contributed by atoms with Crippen LogP contribution in [0.15, 0.2) is 11.8 Å². The molecule has 10 heteroatoms. The molecule has 0 saturated heterocycles. The third-order valence-corrected chi connectivity index (χ3v) is 4.30. The summed E-state index contributed by atoms with van der Waals surface area (Å²) in [6.07, 6.45) is 1.10. The van der Waals surface area contributed by atoms with Crippen LogP contribution in [0.5, 0.6) is 0 Å². The molecule has 26 heavy (non-hydrogen) atoms. The maximum atomic E-state index is 12.3. The molecule has 0 fully saturated rings. The first-order valence-electron chi connectivity index (χ1n) is 7.50. The Bertz CT molecular complexity index is 763. The molecule has 0 aromatic carbocycles. The Balaban J connectivity index is 3.18. The second-order valence-corrected chi connectivity index (χ2v) is 5.81. The summed E-state index contributed by atoms with van der Waals surface area (Å²) < 4.78 is 14.6. The maximum Gasteiger partial charge on any atom is 0.350 e. The molecule has 0 aliphatic rings. The topological polar surface area (TPSA) is 141 Å². The van der Waals surface area contributed by atoms with E-state index in [0.29, 0.717) is 5.56 Å². The Morgan fingerprint density at radius 3 is 2.54 bits per heavy atom. The van der Waals surface area contributed by atoms with Crippen LogP contribution in [0.1, 0.15) is 32.5 Å². The number of hydrogen-bond donors (Lipinski definition) is 2. The van der Waals surface area contributed by atoms with E-state index in [9.17, 15) is 14.4 Å². The van der Waals surface area contributed by atoms with Crippen LogP contribution in [-0.4, -0.2) is 44.8 Å². The van der Waals surface area contributed by atoms with E-state index in [-0.39, 0.29) is 40.8 Å². The van der Waals surface area contributed by atoms with Crippen molar-refractivity contribution in [3.8, 4) is 6.07 Å². The van der Waals surface area contributed by atoms with Crippen molar-refractivity contribution in [3.63, 3.8) is 0 Å². The predicted molar refractivity (Wildman–Crippen MR) is 93.7 cm³/mol. The average Bonchev–Trinajstić information content (AvgIpc) is 2.92. The van der Waals surface area contributed by atoms with Crippen LogP contribution in [0.3, 0.4) is 0 Å². The number of methoxy groups -OCH3 is 1. The van der Waals surface area contributed by atoms with Gasteiger partial charge in [-0.25, -0.2) is 9.59 Å². The van der Waals surface area contributed by atoms with Crippen molar-refractivity contribution in [1.82, 2.24) is 0 Å². The number of carbonyl (C=O) groups excluding carboxylic acids is 3. The first-order chi connectivity index (χ1) is 12.4. The Morgan fingerprint density at radius 1 is 1.31 bits per heavy atom. The summed E-state index contributed by atoms with van der Waals surface area (Å²) in [5.74, 6) is -2.20. The number of anilines is 1. The van der Waals surface area contributed by atoms with Crippen molar-refractivity contribution in [1.29, 1.82) is 5.26 Å². The van der Waals surface area contributed by atoms with E-state index in [1.807, 2.05) is 0 Å². The molecule has 0 aliphatic carbocycles. The predicted octanol–water partition coefficient (Wildman–Crippen LogP) is 1.34. The molecule has 3 N–H and O–H groups in total. The second-order valence-electron chi connectivity index (χ2n) is 4.79. The maximum absolute atomic E-state index is 12.3. The highest BCUT2D eigenvalue weighted by atomic mass is 32.1. The lowest BCUT2D eigenvalue weighted by Gasteiger charge is -2.07. The number of nitrogens with zero attached hydrogens (tertiary/aromatic N) is 1. The van der Waals surface area contributed by atoms with Crippen LogP contribution in [-0.2, 0) is 19.0 Å². The highest BCUT2D eigenvalue weighted by Crippen LogP contribution is 2.33. The number of carbonyl (C=O) groups is 3. The summed E-state index contributed by atoms with van der Waals surface area (Å²) in [5.41, 5.74) is 5.46. The van der Waals surface area contributed by atoms with Gasteiger partial charge in [-0.05, 0) is 19.4 Å². The molecule has 0 aliphatic heterocycles. The fourth-order valence-electron chi connectivity index (χ4n) is 1.87. The van der Waals surface area contributed by atoms with Crippen molar-refractivity contribution < 1.29 is 28.6 Å². The van der Waals surface area contributed by atoms with Gasteiger partial charge in [0, 0.05) is 13.3 Å². The fraction of sp³-hybridized carbons (Fsp3) is 0.375. The number of primary amides is 1. The fourth-order valence-corrected chi connectivity index (χ4v) is 2.89. The first kappa shape index (κ1) is 21.1. The minimum atomic E-state index is -0.810. The second kappa shape index (κ2) is 10.2. The molecular formula is C16H19N3O6S. The molecular weight excluding hydrogens is 362 g/mol. The van der Waals surface area contributed by atoms with Crippen molar-refractivity contribution in [2.24, 2.45) is 5.73 Å². The standard InChI is InChI=1S/C16H19N3O6S/c1-4-24-15(21)10(7-17)8-19-14-11(16(22)25-6-5-23-3)9(2)12(26-14)13(18)20/h8,19H,4-6H2,1-3H3,(H2,18,20)/b10-8+. The van der Waals surface area contributed by atoms with Gasteiger partial charge in [0.1, 0.15) is 17.7 Å². The number of rotatable bonds is 9. The lowest BCUT2D eigenvalue weighted by molar-refractivity contribution is -0.138. The molecule has 1 aromatic rings. The summed E-state index contributed by atoms with van der Waals surface area (Å²) in [6.45, 7) is 3.50. The molecule has 1 heterocycles. The van der Waals surface area contributed by atoms with E-state index < -0.39 is 17.8 Å². The highest BCUT2D eigenvalue weighted by molar-refractivity contribution is 7.18. The van der Waals surface area contributed by atoms with Crippen molar-refractivity contribution in [2.75, 3.05) is 32.2 Å². The lowest BCUT2D eigenvalue weighted by atomic mass is 10.1. The Hall–Kier alpha value is -2.90. The van der Waals surface area contributed by atoms with Crippen LogP contribution in [0.4, 0.5) is 5.00 Å². The van der Waals surface area contributed by atoms with Gasteiger partial charge >= 0.3 is 11.9 Å². The molecule has 1 amide bonds. The molecule has 1 rings (SSSR count). The van der Waals surface area contributed by atoms with Crippen LogP contribution >= 0.6 is 11.3 Å². The SMILES string of the molecule is CCOC(=O)/C(C#N)=C/Nc1sc(C(N)=O)c(C)c1C(=O)OCCOC. The lowest BCUT2D eigenvalue weighted by Crippen LogP contribution is -2.14. The zero-order valence-corrected chi connectivity index (χ0v) is 15.4. The van der Waals surface area contributed by atoms with Gasteiger partial charge < -0.3 is 25.3 Å². The van der Waals surface area contributed by atoms with E-state index in [1.165, 1.54) is 7.11 Å². The van der Waals surface area contributed by atoms with Crippen LogP contribution < -0.4 is 11.1 Å². The molecule has 0 radical (unpaired) electrons. The molecule has 0 saturated carbocycles. The van der Waals surface area contributed by atoms with E-state index in [4.69, 9.17) is 25.2 Å². The molecule has 1 aromatic heterocycles. The Kier molecular flexibility index (Phi) is 8.27. The highest BCUT2D eigenvalue weighted by Gasteiger charge is 2.24. The monoisotopic (exact) mass is 381 g/mol. The quantitative estimate of drug-likeness (QED) is 0.282. The number of thiophene rings is 1. The van der Waals surface area contributed by atoms with Gasteiger partial charge in [-0.1, -0.05) is 0 Å². The number of ether oxygens (including phenoxy) is 3. The molecule has 140 valence electrons. The van der Waals surface area contributed by atoms with E-state index >= 15 is 0 Å². The molecule has 9 nitrogen and oxygen atoms in total. The first-order valence-corrected chi connectivity index (χ1v) is 8.32. The van der Waals surface area contributed by atoms with Crippen molar-refractivity contribution in [2.45, 2.75) is 13.8 Å². The molecule has 0 atom stereocenters. The summed E-state index contributed by atoms with van der Waals surface area (Å²) >= 11 is 0.915. The number of esters is 2. The zero-order chi connectivity index (χ0) is 19.7. The number of nitrogens with one attached hydrogen (secondary N) is 1. The third kappa shape index (κ3) is 5.30. The Morgan fingerprint density at radius 2 is 2.00 bits per heavy atom. The van der Waals surface area contributed by atoms with Crippen molar-refractivity contribution in [3.05, 3.63) is 27.8 Å². The summed E-state index contributed by atoms with van der Waals surface area (Å²) in [6, 6.07) is 1.70. The largest absolute Gasteiger partial charge is 0.462 e. The Labute approximate surface area is 154 Å². The van der Waals surface area contributed by atoms with Gasteiger partial charge in [-0.15, -0.1) is 11.3 Å². The smallest absolute Gasteiger partial charge is 0.350 e. The molecule has 0 unspecified atom stereocenters. The van der Waals surface area contributed by atoms with Gasteiger partial charge in [0.05, 0.1) is 23.7 Å². The van der Waals surface area contributed by atoms with Crippen molar-refractivity contribution >= 4 is 34.2 Å². The zero-order valence-electron chi connectivity index (χ0n) is 14.6. The number of hydrogen-bond acceptors (Lipinski definition) is 9. The molecule has 0 bridgehead atoms. The normalized spacial score (nSPS) is 10.8. The minimum Gasteiger partial charge on any atom is -0.462 e. The summed E-state index contributed by atoms with van der Waals surface area (Å²) in [4.78, 5) is 35.7. The molecule has 0 spiro atoms. The number of amides is 1. The summed E-state index contributed by atoms with van der Waals surface area (Å²) in [5, 5.41) is 11.9. The van der Waals surface area contributed by atoms with Gasteiger partial charge in [-0.3, -0.25) is 4.79 Å². The average molecular weight is 381 g/mol. The minimum absolute atomic E-state index is 0.0259. The number of nitrogens with two attached hydrogens (primary N) is 1. The van der Waals surface area contributed by atoms with Crippen LogP contribution in [0.25, 0.3) is 0 Å².